The van der Waals surface area contributed by atoms with Crippen LogP contribution in [-0.4, -0.2) is 18.0 Å². The van der Waals surface area contributed by atoms with Crippen LogP contribution in [0.2, 0.25) is 0 Å². The third kappa shape index (κ3) is 4.90. The second kappa shape index (κ2) is 9.01. The third-order valence-electron chi connectivity index (χ3n) is 4.49. The van der Waals surface area contributed by atoms with E-state index in [-0.39, 0.29) is 11.7 Å². The average molecular weight is 412 g/mol. The van der Waals surface area contributed by atoms with Gasteiger partial charge in [-0.05, 0) is 68.9 Å². The van der Waals surface area contributed by atoms with E-state index in [2.05, 4.69) is 5.32 Å². The van der Waals surface area contributed by atoms with Crippen LogP contribution in [-0.2, 0) is 22.4 Å². The van der Waals surface area contributed by atoms with Crippen molar-refractivity contribution in [1.29, 1.82) is 5.26 Å². The zero-order valence-electron chi connectivity index (χ0n) is 16.3. The number of ether oxygens (including phenoxy) is 1. The number of benzene rings is 1. The Labute approximate surface area is 172 Å². The minimum absolute atomic E-state index is 0.133. The number of aryl methyl sites for hydroxylation is 1. The van der Waals surface area contributed by atoms with Crippen LogP contribution in [0.4, 0.5) is 9.39 Å². The predicted octanol–water partition coefficient (Wildman–Crippen LogP) is 4.88. The highest BCUT2D eigenvalue weighted by Crippen LogP contribution is 2.39. The average Bonchev–Trinajstić information content (AvgIpc) is 3.04. The van der Waals surface area contributed by atoms with Crippen LogP contribution in [0.3, 0.4) is 0 Å². The van der Waals surface area contributed by atoms with Crippen LogP contribution in [0, 0.1) is 17.1 Å². The molecule has 1 aromatic carbocycles. The van der Waals surface area contributed by atoms with E-state index in [1.165, 1.54) is 41.7 Å². The van der Waals surface area contributed by atoms with E-state index < -0.39 is 17.7 Å². The number of thiophene rings is 1. The van der Waals surface area contributed by atoms with Gasteiger partial charge in [-0.1, -0.05) is 12.1 Å². The molecule has 150 valence electrons. The Balaban J connectivity index is 1.91. The number of esters is 1. The second-order valence-corrected chi connectivity index (χ2v) is 8.15. The topological polar surface area (TPSA) is 79.2 Å². The molecule has 0 fully saturated rings. The summed E-state index contributed by atoms with van der Waals surface area (Å²) in [4.78, 5) is 26.4. The maximum Gasteiger partial charge on any atom is 0.341 e. The van der Waals surface area contributed by atoms with E-state index in [1.54, 1.807) is 13.8 Å². The lowest BCUT2D eigenvalue weighted by atomic mass is 9.95. The lowest BCUT2D eigenvalue weighted by molar-refractivity contribution is -0.112. The van der Waals surface area contributed by atoms with E-state index in [4.69, 9.17) is 4.74 Å². The largest absolute Gasteiger partial charge is 0.459 e. The molecule has 1 amide bonds. The smallest absolute Gasteiger partial charge is 0.341 e. The Bertz CT molecular complexity index is 1000. The van der Waals surface area contributed by atoms with E-state index in [0.717, 1.165) is 36.1 Å². The number of hydrogen-bond donors (Lipinski definition) is 1. The first kappa shape index (κ1) is 20.7. The lowest BCUT2D eigenvalue weighted by Gasteiger charge is -2.14. The van der Waals surface area contributed by atoms with Crippen molar-refractivity contribution in [3.05, 3.63) is 57.2 Å². The van der Waals surface area contributed by atoms with Crippen LogP contribution in [0.1, 0.15) is 53.1 Å². The fourth-order valence-electron chi connectivity index (χ4n) is 3.19. The molecule has 2 aromatic rings. The van der Waals surface area contributed by atoms with E-state index >= 15 is 0 Å². The van der Waals surface area contributed by atoms with Gasteiger partial charge in [-0.25, -0.2) is 9.18 Å². The summed E-state index contributed by atoms with van der Waals surface area (Å²) >= 11 is 1.36. The minimum Gasteiger partial charge on any atom is -0.459 e. The Kier molecular flexibility index (Phi) is 6.45. The van der Waals surface area contributed by atoms with Gasteiger partial charge < -0.3 is 10.1 Å². The van der Waals surface area contributed by atoms with Crippen molar-refractivity contribution in [3.8, 4) is 6.07 Å². The Morgan fingerprint density at radius 2 is 1.93 bits per heavy atom. The molecule has 0 unspecified atom stereocenters. The first-order chi connectivity index (χ1) is 13.9. The van der Waals surface area contributed by atoms with Crippen molar-refractivity contribution in [1.82, 2.24) is 0 Å². The van der Waals surface area contributed by atoms with E-state index in [1.807, 2.05) is 6.07 Å². The highest BCUT2D eigenvalue weighted by Gasteiger charge is 2.28. The van der Waals surface area contributed by atoms with Gasteiger partial charge in [-0.2, -0.15) is 5.26 Å². The van der Waals surface area contributed by atoms with Crippen LogP contribution in [0.15, 0.2) is 29.8 Å². The monoisotopic (exact) mass is 412 g/mol. The molecule has 1 aromatic heterocycles. The van der Waals surface area contributed by atoms with Crippen LogP contribution < -0.4 is 5.32 Å². The summed E-state index contributed by atoms with van der Waals surface area (Å²) in [6.07, 6.45) is 4.74. The van der Waals surface area contributed by atoms with Crippen molar-refractivity contribution in [2.45, 2.75) is 45.6 Å². The number of fused-ring (bicyclic) bond motifs is 1. The fraction of sp³-hybridized carbons (Fsp3) is 0.318. The number of hydrogen-bond acceptors (Lipinski definition) is 5. The van der Waals surface area contributed by atoms with Crippen LogP contribution >= 0.6 is 11.3 Å². The molecule has 7 heteroatoms. The Morgan fingerprint density at radius 1 is 1.24 bits per heavy atom. The number of anilines is 1. The van der Waals surface area contributed by atoms with Crippen LogP contribution in [0.5, 0.6) is 0 Å². The highest BCUT2D eigenvalue weighted by atomic mass is 32.1. The molecule has 0 radical (unpaired) electrons. The molecule has 0 saturated carbocycles. The van der Waals surface area contributed by atoms with Gasteiger partial charge in [0, 0.05) is 4.88 Å². The summed E-state index contributed by atoms with van der Waals surface area (Å²) in [5, 5.41) is 12.5. The van der Waals surface area contributed by atoms with Gasteiger partial charge in [0.05, 0.1) is 11.7 Å². The lowest BCUT2D eigenvalue weighted by Crippen LogP contribution is -2.18. The number of amides is 1. The van der Waals surface area contributed by atoms with Gasteiger partial charge in [0.2, 0.25) is 0 Å². The molecule has 0 aliphatic heterocycles. The molecule has 0 spiro atoms. The predicted molar refractivity (Wildman–Crippen MR) is 110 cm³/mol. The molecular weight excluding hydrogens is 391 g/mol. The maximum absolute atomic E-state index is 13.1. The molecule has 1 N–H and O–H groups in total. The van der Waals surface area contributed by atoms with Gasteiger partial charge in [0.1, 0.15) is 22.5 Å². The number of halogens is 1. The molecule has 3 rings (SSSR count). The van der Waals surface area contributed by atoms with Gasteiger partial charge >= 0.3 is 5.97 Å². The SMILES string of the molecule is CC(C)OC(=O)c1c(NC(=O)C(C#N)=Cc2ccc(F)cc2)sc2c1CCCC2. The summed E-state index contributed by atoms with van der Waals surface area (Å²) in [7, 11) is 0. The van der Waals surface area contributed by atoms with Crippen molar-refractivity contribution in [2.24, 2.45) is 0 Å². The van der Waals surface area contributed by atoms with E-state index in [0.29, 0.717) is 16.1 Å². The molecule has 0 atom stereocenters. The van der Waals surface area contributed by atoms with Gasteiger partial charge in [-0.15, -0.1) is 11.3 Å². The zero-order valence-corrected chi connectivity index (χ0v) is 17.1. The molecule has 1 heterocycles. The summed E-state index contributed by atoms with van der Waals surface area (Å²) < 4.78 is 18.4. The number of rotatable bonds is 5. The van der Waals surface area contributed by atoms with Crippen LogP contribution in [0.25, 0.3) is 6.08 Å². The zero-order chi connectivity index (χ0) is 21.0. The van der Waals surface area contributed by atoms with Gasteiger partial charge in [0.15, 0.2) is 0 Å². The first-order valence-corrected chi connectivity index (χ1v) is 10.2. The number of nitriles is 1. The molecule has 0 saturated heterocycles. The minimum atomic E-state index is -0.617. The van der Waals surface area contributed by atoms with Crippen molar-refractivity contribution >= 4 is 34.3 Å². The van der Waals surface area contributed by atoms with E-state index in [9.17, 15) is 19.2 Å². The third-order valence-corrected chi connectivity index (χ3v) is 5.70. The number of nitrogens with zero attached hydrogens (tertiary/aromatic N) is 1. The second-order valence-electron chi connectivity index (χ2n) is 7.04. The molecule has 29 heavy (non-hydrogen) atoms. The van der Waals surface area contributed by atoms with Crippen molar-refractivity contribution in [2.75, 3.05) is 5.32 Å². The standard InChI is InChI=1S/C22H21FN2O3S/c1-13(2)28-22(27)19-17-5-3-4-6-18(17)29-21(19)25-20(26)15(12-24)11-14-7-9-16(23)10-8-14/h7-11,13H,3-6H2,1-2H3,(H,25,26). The Morgan fingerprint density at radius 3 is 2.59 bits per heavy atom. The highest BCUT2D eigenvalue weighted by molar-refractivity contribution is 7.17. The van der Waals surface area contributed by atoms with Crippen molar-refractivity contribution < 1.29 is 18.7 Å². The summed E-state index contributed by atoms with van der Waals surface area (Å²) in [6.45, 7) is 3.54. The number of nitrogens with one attached hydrogen (secondary N) is 1. The molecular formula is C22H21FN2O3S. The molecule has 1 aliphatic rings. The quantitative estimate of drug-likeness (QED) is 0.431. The number of carbonyl (C=O) groups is 2. The van der Waals surface area contributed by atoms with Crippen molar-refractivity contribution in [3.63, 3.8) is 0 Å². The molecule has 0 bridgehead atoms. The summed E-state index contributed by atoms with van der Waals surface area (Å²) in [6, 6.07) is 7.35. The first-order valence-electron chi connectivity index (χ1n) is 9.43. The molecule has 1 aliphatic carbocycles. The normalized spacial score (nSPS) is 13.6. The fourth-order valence-corrected chi connectivity index (χ4v) is 4.46. The van der Waals surface area contributed by atoms with Gasteiger partial charge in [0.25, 0.3) is 5.91 Å². The Hall–Kier alpha value is -2.98. The molecule has 5 nitrogen and oxygen atoms in total. The summed E-state index contributed by atoms with van der Waals surface area (Å²) in [5.41, 5.74) is 1.73. The number of carbonyl (C=O) groups excluding carboxylic acids is 2. The maximum atomic E-state index is 13.1. The summed E-state index contributed by atoms with van der Waals surface area (Å²) in [5.74, 6) is -1.48. The van der Waals surface area contributed by atoms with Gasteiger partial charge in [-0.3, -0.25) is 4.79 Å².